The van der Waals surface area contributed by atoms with E-state index in [1.165, 1.54) is 51.4 Å². The molecule has 0 aliphatic heterocycles. The lowest BCUT2D eigenvalue weighted by atomic mass is 9.43. The van der Waals surface area contributed by atoms with Crippen molar-refractivity contribution in [1.82, 2.24) is 0 Å². The fraction of sp³-hybridized carbons (Fsp3) is 0.964. The lowest BCUT2D eigenvalue weighted by Gasteiger charge is -2.63. The fourth-order valence-electron chi connectivity index (χ4n) is 9.46. The van der Waals surface area contributed by atoms with Crippen LogP contribution in [0.15, 0.2) is 0 Å². The monoisotopic (exact) mass is 448 g/mol. The van der Waals surface area contributed by atoms with Gasteiger partial charge in [-0.15, -0.1) is 0 Å². The molecular weight excluding hydrogens is 400 g/mol. The van der Waals surface area contributed by atoms with E-state index >= 15 is 0 Å². The van der Waals surface area contributed by atoms with E-state index < -0.39 is 5.97 Å². The highest BCUT2D eigenvalue weighted by molar-refractivity contribution is 5.66. The van der Waals surface area contributed by atoms with Gasteiger partial charge in [0.1, 0.15) is 0 Å². The maximum Gasteiger partial charge on any atom is 0.303 e. The molecular formula is C28H48O4. The predicted octanol–water partition coefficient (Wildman–Crippen LogP) is 6.57. The van der Waals surface area contributed by atoms with Crippen LogP contribution in [0.25, 0.3) is 0 Å². The molecule has 4 heteroatoms. The van der Waals surface area contributed by atoms with Gasteiger partial charge in [-0.2, -0.15) is 0 Å². The number of carboxylic acids is 1. The molecule has 1 N–H and O–H groups in total. The molecule has 0 saturated heterocycles. The van der Waals surface area contributed by atoms with E-state index in [0.717, 1.165) is 37.4 Å². The molecule has 10 atom stereocenters. The van der Waals surface area contributed by atoms with E-state index in [1.807, 2.05) is 0 Å². The van der Waals surface area contributed by atoms with Gasteiger partial charge in [-0.05, 0) is 118 Å². The molecule has 4 saturated carbocycles. The van der Waals surface area contributed by atoms with Gasteiger partial charge in [0, 0.05) is 19.6 Å². The van der Waals surface area contributed by atoms with E-state index in [-0.39, 0.29) is 0 Å². The molecule has 0 aromatic heterocycles. The number of carboxylic acid groups (broad SMARTS) is 1. The molecule has 4 fully saturated rings. The topological polar surface area (TPSA) is 55.8 Å². The molecule has 0 bridgehead atoms. The summed E-state index contributed by atoms with van der Waals surface area (Å²) in [5, 5.41) is 9.22. The molecule has 0 aromatic carbocycles. The van der Waals surface area contributed by atoms with E-state index in [0.29, 0.717) is 47.2 Å². The summed E-state index contributed by atoms with van der Waals surface area (Å²) >= 11 is 0. The molecule has 0 radical (unpaired) electrons. The lowest BCUT2D eigenvalue weighted by molar-refractivity contribution is -0.190. The molecule has 4 nitrogen and oxygen atoms in total. The molecule has 0 aromatic rings. The number of fused-ring (bicyclic) bond motifs is 5. The summed E-state index contributed by atoms with van der Waals surface area (Å²) in [4.78, 5) is 11.2. The second-order valence-corrected chi connectivity index (χ2v) is 12.2. The van der Waals surface area contributed by atoms with Crippen molar-refractivity contribution in [2.75, 3.05) is 13.2 Å². The fourth-order valence-corrected chi connectivity index (χ4v) is 9.46. The first-order valence-corrected chi connectivity index (χ1v) is 13.7. The Hall–Kier alpha value is -0.610. The largest absolute Gasteiger partial charge is 0.481 e. The highest BCUT2D eigenvalue weighted by atomic mass is 16.5. The van der Waals surface area contributed by atoms with Gasteiger partial charge in [0.2, 0.25) is 0 Å². The first-order valence-electron chi connectivity index (χ1n) is 13.7. The van der Waals surface area contributed by atoms with Gasteiger partial charge < -0.3 is 14.6 Å². The summed E-state index contributed by atoms with van der Waals surface area (Å²) in [5.41, 5.74) is 0.778. The zero-order chi connectivity index (χ0) is 23.1. The molecule has 184 valence electrons. The smallest absolute Gasteiger partial charge is 0.303 e. The molecule has 0 heterocycles. The molecule has 32 heavy (non-hydrogen) atoms. The Bertz CT molecular complexity index is 664. The minimum Gasteiger partial charge on any atom is -0.481 e. The first-order chi connectivity index (χ1) is 15.2. The summed E-state index contributed by atoms with van der Waals surface area (Å²) in [6.45, 7) is 13.4. The third-order valence-corrected chi connectivity index (χ3v) is 11.0. The van der Waals surface area contributed by atoms with Crippen molar-refractivity contribution in [2.24, 2.45) is 46.3 Å². The van der Waals surface area contributed by atoms with Gasteiger partial charge >= 0.3 is 5.97 Å². The standard InChI is InChI=1S/C28H48O4/c1-6-31-20-12-14-27(4)19(16-20)17-24(32-7-2)26-22-10-9-21(18(3)8-11-25(29)30)28(22,5)15-13-23(26)27/h18-24,26H,6-17H2,1-5H3,(H,29,30). The van der Waals surface area contributed by atoms with Crippen LogP contribution >= 0.6 is 0 Å². The van der Waals surface area contributed by atoms with Crippen molar-refractivity contribution < 1.29 is 19.4 Å². The van der Waals surface area contributed by atoms with Gasteiger partial charge in [0.05, 0.1) is 12.2 Å². The normalized spacial score (nSPS) is 46.7. The molecule has 4 aliphatic carbocycles. The summed E-state index contributed by atoms with van der Waals surface area (Å²) < 4.78 is 12.6. The first kappa shape index (κ1) is 24.5. The van der Waals surface area contributed by atoms with E-state index in [1.54, 1.807) is 0 Å². The maximum absolute atomic E-state index is 11.2. The lowest BCUT2D eigenvalue weighted by Crippen LogP contribution is -2.59. The van der Waals surface area contributed by atoms with Gasteiger partial charge in [-0.1, -0.05) is 20.8 Å². The molecule has 0 amide bonds. The second-order valence-electron chi connectivity index (χ2n) is 12.2. The Morgan fingerprint density at radius 2 is 1.66 bits per heavy atom. The van der Waals surface area contributed by atoms with Crippen LogP contribution in [-0.2, 0) is 14.3 Å². The maximum atomic E-state index is 11.2. The van der Waals surface area contributed by atoms with Crippen molar-refractivity contribution in [3.8, 4) is 0 Å². The van der Waals surface area contributed by atoms with Crippen LogP contribution in [0.2, 0.25) is 0 Å². The van der Waals surface area contributed by atoms with Crippen LogP contribution < -0.4 is 0 Å². The summed E-state index contributed by atoms with van der Waals surface area (Å²) in [7, 11) is 0. The highest BCUT2D eigenvalue weighted by Gasteiger charge is 2.63. The van der Waals surface area contributed by atoms with Crippen LogP contribution in [-0.4, -0.2) is 36.5 Å². The van der Waals surface area contributed by atoms with Crippen molar-refractivity contribution in [3.05, 3.63) is 0 Å². The van der Waals surface area contributed by atoms with Gasteiger partial charge in [-0.3, -0.25) is 4.79 Å². The zero-order valence-electron chi connectivity index (χ0n) is 21.3. The van der Waals surface area contributed by atoms with Crippen LogP contribution in [0.3, 0.4) is 0 Å². The number of rotatable bonds is 8. The van der Waals surface area contributed by atoms with Crippen LogP contribution in [0.4, 0.5) is 0 Å². The quantitative estimate of drug-likeness (QED) is 0.456. The average Bonchev–Trinajstić information content (AvgIpc) is 3.10. The molecule has 10 unspecified atom stereocenters. The minimum atomic E-state index is -0.648. The Morgan fingerprint density at radius 3 is 2.34 bits per heavy atom. The van der Waals surface area contributed by atoms with Crippen molar-refractivity contribution >= 4 is 5.97 Å². The third kappa shape index (κ3) is 4.17. The Kier molecular flexibility index (Phi) is 7.33. The number of hydrogen-bond donors (Lipinski definition) is 1. The third-order valence-electron chi connectivity index (χ3n) is 11.0. The van der Waals surface area contributed by atoms with Crippen LogP contribution in [0.1, 0.15) is 98.8 Å². The SMILES string of the molecule is CCOC1CCC2(C)C(C1)CC(OCC)C1C2CCC2(C)C(C(C)CCC(=O)O)CCC12. The Morgan fingerprint density at radius 1 is 0.969 bits per heavy atom. The number of aliphatic carboxylic acids is 1. The van der Waals surface area contributed by atoms with Crippen LogP contribution in [0, 0.1) is 46.3 Å². The van der Waals surface area contributed by atoms with Gasteiger partial charge in [0.25, 0.3) is 0 Å². The van der Waals surface area contributed by atoms with E-state index in [9.17, 15) is 9.90 Å². The van der Waals surface area contributed by atoms with Gasteiger partial charge in [-0.25, -0.2) is 0 Å². The Labute approximate surface area is 196 Å². The number of hydrogen-bond acceptors (Lipinski definition) is 3. The van der Waals surface area contributed by atoms with E-state index in [2.05, 4.69) is 34.6 Å². The second kappa shape index (κ2) is 9.56. The number of ether oxygens (including phenoxy) is 2. The molecule has 4 aliphatic rings. The van der Waals surface area contributed by atoms with Crippen LogP contribution in [0.5, 0.6) is 0 Å². The van der Waals surface area contributed by atoms with Crippen molar-refractivity contribution in [1.29, 1.82) is 0 Å². The summed E-state index contributed by atoms with van der Waals surface area (Å²) in [6.07, 6.45) is 12.2. The molecule has 4 rings (SSSR count). The minimum absolute atomic E-state index is 0.312. The predicted molar refractivity (Wildman–Crippen MR) is 127 cm³/mol. The molecule has 0 spiro atoms. The van der Waals surface area contributed by atoms with Crippen molar-refractivity contribution in [3.63, 3.8) is 0 Å². The Balaban J connectivity index is 1.57. The summed E-state index contributed by atoms with van der Waals surface area (Å²) in [6, 6.07) is 0. The van der Waals surface area contributed by atoms with E-state index in [4.69, 9.17) is 9.47 Å². The number of carbonyl (C=O) groups is 1. The van der Waals surface area contributed by atoms with Crippen molar-refractivity contribution in [2.45, 2.75) is 111 Å². The van der Waals surface area contributed by atoms with Gasteiger partial charge in [0.15, 0.2) is 0 Å². The summed E-state index contributed by atoms with van der Waals surface area (Å²) in [5.74, 6) is 3.41. The highest BCUT2D eigenvalue weighted by Crippen LogP contribution is 2.68. The average molecular weight is 449 g/mol. The zero-order valence-corrected chi connectivity index (χ0v) is 21.3.